The maximum absolute atomic E-state index is 13.7. The van der Waals surface area contributed by atoms with Gasteiger partial charge >= 0.3 is 5.97 Å². The van der Waals surface area contributed by atoms with Crippen LogP contribution in [0.5, 0.6) is 0 Å². The lowest BCUT2D eigenvalue weighted by Gasteiger charge is -2.16. The Morgan fingerprint density at radius 2 is 2.26 bits per heavy atom. The van der Waals surface area contributed by atoms with Crippen molar-refractivity contribution in [2.45, 2.75) is 13.5 Å². The number of methoxy groups -OCH3 is 1. The Balaban J connectivity index is 2.05. The van der Waals surface area contributed by atoms with Crippen molar-refractivity contribution >= 4 is 17.6 Å². The van der Waals surface area contributed by atoms with E-state index < -0.39 is 0 Å². The zero-order chi connectivity index (χ0) is 14.0. The minimum atomic E-state index is -0.265. The number of nitrogens with zero attached hydrogens (tertiary/aromatic N) is 1. The van der Waals surface area contributed by atoms with E-state index >= 15 is 0 Å². The summed E-state index contributed by atoms with van der Waals surface area (Å²) in [6.07, 6.45) is 0. The number of hydrogen-bond donors (Lipinski definition) is 0. The normalized spacial score (nSPS) is 23.6. The third kappa shape index (κ3) is 3.25. The molecular formula is C14H17ClFNO2. The molecule has 1 aromatic carbocycles. The van der Waals surface area contributed by atoms with E-state index in [-0.39, 0.29) is 23.6 Å². The van der Waals surface area contributed by atoms with Crippen LogP contribution in [0.1, 0.15) is 12.5 Å². The highest BCUT2D eigenvalue weighted by Gasteiger charge is 2.35. The molecule has 0 saturated carbocycles. The number of likely N-dealkylation sites (tertiary alicyclic amines) is 1. The first-order chi connectivity index (χ1) is 9.01. The molecular weight excluding hydrogens is 269 g/mol. The van der Waals surface area contributed by atoms with Gasteiger partial charge in [0.25, 0.3) is 0 Å². The van der Waals surface area contributed by atoms with E-state index in [1.807, 2.05) is 6.92 Å². The summed E-state index contributed by atoms with van der Waals surface area (Å²) < 4.78 is 18.5. The Hall–Kier alpha value is -1.13. The second kappa shape index (κ2) is 5.88. The van der Waals surface area contributed by atoms with Crippen molar-refractivity contribution in [2.24, 2.45) is 11.8 Å². The zero-order valence-electron chi connectivity index (χ0n) is 11.0. The Morgan fingerprint density at radius 1 is 1.53 bits per heavy atom. The molecule has 0 radical (unpaired) electrons. The van der Waals surface area contributed by atoms with Crippen molar-refractivity contribution in [2.75, 3.05) is 20.2 Å². The first-order valence-electron chi connectivity index (χ1n) is 6.25. The van der Waals surface area contributed by atoms with Crippen molar-refractivity contribution in [3.63, 3.8) is 0 Å². The molecule has 1 heterocycles. The van der Waals surface area contributed by atoms with Gasteiger partial charge < -0.3 is 4.74 Å². The second-order valence-electron chi connectivity index (χ2n) is 5.04. The molecule has 104 valence electrons. The van der Waals surface area contributed by atoms with Crippen molar-refractivity contribution < 1.29 is 13.9 Å². The Labute approximate surface area is 117 Å². The largest absolute Gasteiger partial charge is 0.469 e. The van der Waals surface area contributed by atoms with Crippen LogP contribution in [-0.2, 0) is 16.1 Å². The third-order valence-electron chi connectivity index (χ3n) is 3.59. The topological polar surface area (TPSA) is 29.5 Å². The average Bonchev–Trinajstić information content (AvgIpc) is 2.74. The van der Waals surface area contributed by atoms with Gasteiger partial charge in [-0.2, -0.15) is 0 Å². The first kappa shape index (κ1) is 14.3. The van der Waals surface area contributed by atoms with E-state index in [1.54, 1.807) is 6.07 Å². The van der Waals surface area contributed by atoms with Crippen molar-refractivity contribution in [3.8, 4) is 0 Å². The van der Waals surface area contributed by atoms with Gasteiger partial charge in [-0.05, 0) is 24.1 Å². The summed E-state index contributed by atoms with van der Waals surface area (Å²) >= 11 is 5.87. The summed E-state index contributed by atoms with van der Waals surface area (Å²) in [4.78, 5) is 13.7. The highest BCUT2D eigenvalue weighted by atomic mass is 35.5. The molecule has 0 aliphatic carbocycles. The number of benzene rings is 1. The smallest absolute Gasteiger partial charge is 0.310 e. The van der Waals surface area contributed by atoms with E-state index in [0.717, 1.165) is 6.54 Å². The lowest BCUT2D eigenvalue weighted by Crippen LogP contribution is -2.24. The minimum Gasteiger partial charge on any atom is -0.469 e. The summed E-state index contributed by atoms with van der Waals surface area (Å²) in [6, 6.07) is 4.53. The predicted octanol–water partition coefficient (Wildman–Crippen LogP) is 2.72. The molecule has 0 N–H and O–H groups in total. The number of carbonyl (C=O) groups is 1. The van der Waals surface area contributed by atoms with Crippen molar-refractivity contribution in [1.82, 2.24) is 4.90 Å². The molecule has 2 atom stereocenters. The van der Waals surface area contributed by atoms with Gasteiger partial charge in [0.1, 0.15) is 5.82 Å². The number of carbonyl (C=O) groups excluding carboxylic acids is 1. The summed E-state index contributed by atoms with van der Waals surface area (Å²) in [5.74, 6) is -0.373. The average molecular weight is 286 g/mol. The van der Waals surface area contributed by atoms with E-state index in [1.165, 1.54) is 19.2 Å². The molecule has 1 saturated heterocycles. The predicted molar refractivity (Wildman–Crippen MR) is 71.4 cm³/mol. The molecule has 0 amide bonds. The van der Waals surface area contributed by atoms with Crippen LogP contribution < -0.4 is 0 Å². The van der Waals surface area contributed by atoms with Gasteiger partial charge in [-0.25, -0.2) is 4.39 Å². The minimum absolute atomic E-state index is 0.132. The molecule has 19 heavy (non-hydrogen) atoms. The standard InChI is InChI=1S/C14H17ClFNO2/c1-9-6-17(8-12(9)14(18)19-2)7-10-5-11(15)3-4-13(10)16/h3-5,9,12H,6-8H2,1-2H3. The maximum Gasteiger partial charge on any atom is 0.310 e. The molecule has 3 nitrogen and oxygen atoms in total. The SMILES string of the molecule is COC(=O)C1CN(Cc2cc(Cl)ccc2F)CC1C. The number of esters is 1. The van der Waals surface area contributed by atoms with Crippen LogP contribution in [-0.4, -0.2) is 31.1 Å². The number of ether oxygens (including phenoxy) is 1. The lowest BCUT2D eigenvalue weighted by molar-refractivity contribution is -0.146. The van der Waals surface area contributed by atoms with Gasteiger partial charge in [0.2, 0.25) is 0 Å². The van der Waals surface area contributed by atoms with Gasteiger partial charge in [0, 0.05) is 30.2 Å². The molecule has 1 aliphatic rings. The fraction of sp³-hybridized carbons (Fsp3) is 0.500. The fourth-order valence-corrected chi connectivity index (χ4v) is 2.75. The van der Waals surface area contributed by atoms with E-state index in [4.69, 9.17) is 16.3 Å². The van der Waals surface area contributed by atoms with Gasteiger partial charge in [0.05, 0.1) is 13.0 Å². The third-order valence-corrected chi connectivity index (χ3v) is 3.83. The molecule has 1 fully saturated rings. The highest BCUT2D eigenvalue weighted by Crippen LogP contribution is 2.26. The quantitative estimate of drug-likeness (QED) is 0.800. The Kier molecular flexibility index (Phi) is 4.42. The molecule has 0 aromatic heterocycles. The Morgan fingerprint density at radius 3 is 2.95 bits per heavy atom. The van der Waals surface area contributed by atoms with Crippen LogP contribution in [0.15, 0.2) is 18.2 Å². The number of hydrogen-bond acceptors (Lipinski definition) is 3. The van der Waals surface area contributed by atoms with Crippen LogP contribution in [0, 0.1) is 17.7 Å². The number of halogens is 2. The fourth-order valence-electron chi connectivity index (χ4n) is 2.56. The van der Waals surface area contributed by atoms with Crippen LogP contribution >= 0.6 is 11.6 Å². The lowest BCUT2D eigenvalue weighted by atomic mass is 9.99. The van der Waals surface area contributed by atoms with Crippen LogP contribution in [0.4, 0.5) is 4.39 Å². The Bertz CT molecular complexity index is 481. The van der Waals surface area contributed by atoms with Crippen LogP contribution in [0.25, 0.3) is 0 Å². The van der Waals surface area contributed by atoms with Crippen molar-refractivity contribution in [3.05, 3.63) is 34.6 Å². The van der Waals surface area contributed by atoms with Crippen LogP contribution in [0.2, 0.25) is 5.02 Å². The molecule has 5 heteroatoms. The molecule has 2 unspecified atom stereocenters. The summed E-state index contributed by atoms with van der Waals surface area (Å²) in [7, 11) is 1.40. The molecule has 2 rings (SSSR count). The van der Waals surface area contributed by atoms with Crippen molar-refractivity contribution in [1.29, 1.82) is 0 Å². The van der Waals surface area contributed by atoms with Gasteiger partial charge in [-0.1, -0.05) is 18.5 Å². The molecule has 1 aliphatic heterocycles. The van der Waals surface area contributed by atoms with E-state index in [9.17, 15) is 9.18 Å². The summed E-state index contributed by atoms with van der Waals surface area (Å²) in [6.45, 7) is 3.83. The molecule has 0 spiro atoms. The first-order valence-corrected chi connectivity index (χ1v) is 6.63. The van der Waals surface area contributed by atoms with Gasteiger partial charge in [0.15, 0.2) is 0 Å². The van der Waals surface area contributed by atoms with Gasteiger partial charge in [-0.3, -0.25) is 9.69 Å². The number of rotatable bonds is 3. The summed E-state index contributed by atoms with van der Waals surface area (Å²) in [5.41, 5.74) is 0.560. The second-order valence-corrected chi connectivity index (χ2v) is 5.47. The van der Waals surface area contributed by atoms with Gasteiger partial charge in [-0.15, -0.1) is 0 Å². The highest BCUT2D eigenvalue weighted by molar-refractivity contribution is 6.30. The van der Waals surface area contributed by atoms with E-state index in [0.29, 0.717) is 23.7 Å². The zero-order valence-corrected chi connectivity index (χ0v) is 11.8. The van der Waals surface area contributed by atoms with Crippen LogP contribution in [0.3, 0.4) is 0 Å². The molecule has 1 aromatic rings. The monoisotopic (exact) mass is 285 g/mol. The van der Waals surface area contributed by atoms with E-state index in [2.05, 4.69) is 4.90 Å². The molecule has 0 bridgehead atoms. The summed E-state index contributed by atoms with van der Waals surface area (Å²) in [5, 5.41) is 0.521. The maximum atomic E-state index is 13.7.